The number of nitrogens with zero attached hydrogens (tertiary/aromatic N) is 2. The first-order valence-electron chi connectivity index (χ1n) is 11.4. The molecule has 32 heavy (non-hydrogen) atoms. The van der Waals surface area contributed by atoms with Gasteiger partial charge in [-0.2, -0.15) is 0 Å². The molecule has 0 bridgehead atoms. The standard InChI is InChI=1S/C26H30N2O4/c1-2-3-8-21-13-12-20-7-6-9-22(25(20)27-21)26(29)32-24-11-5-4-10-23(24)31-19-16-28-14-17-30-18-15-28/h4-7,9-13H,2-3,8,14-19H2,1H3. The number of ether oxygens (including phenoxy) is 3. The predicted octanol–water partition coefficient (Wildman–Crippen LogP) is 4.51. The summed E-state index contributed by atoms with van der Waals surface area (Å²) in [4.78, 5) is 20.1. The maximum absolute atomic E-state index is 13.1. The fourth-order valence-electron chi connectivity index (χ4n) is 3.77. The lowest BCUT2D eigenvalue weighted by Gasteiger charge is -2.26. The normalized spacial score (nSPS) is 14.4. The summed E-state index contributed by atoms with van der Waals surface area (Å²) in [6.07, 6.45) is 3.07. The number of carbonyl (C=O) groups is 1. The zero-order valence-corrected chi connectivity index (χ0v) is 18.6. The number of pyridine rings is 1. The Balaban J connectivity index is 1.47. The molecule has 0 aliphatic carbocycles. The van der Waals surface area contributed by atoms with Crippen LogP contribution in [0.5, 0.6) is 11.5 Å². The minimum absolute atomic E-state index is 0.415. The third-order valence-corrected chi connectivity index (χ3v) is 5.60. The molecule has 6 nitrogen and oxygen atoms in total. The average Bonchev–Trinajstić information content (AvgIpc) is 2.84. The zero-order chi connectivity index (χ0) is 22.2. The smallest absolute Gasteiger partial charge is 0.345 e. The Morgan fingerprint density at radius 3 is 2.66 bits per heavy atom. The highest BCUT2D eigenvalue weighted by Crippen LogP contribution is 2.28. The quantitative estimate of drug-likeness (QED) is 0.365. The van der Waals surface area contributed by atoms with E-state index in [4.69, 9.17) is 19.2 Å². The molecule has 4 rings (SSSR count). The molecule has 1 saturated heterocycles. The first kappa shape index (κ1) is 22.2. The van der Waals surface area contributed by atoms with E-state index in [9.17, 15) is 4.79 Å². The van der Waals surface area contributed by atoms with Gasteiger partial charge in [0.2, 0.25) is 0 Å². The summed E-state index contributed by atoms with van der Waals surface area (Å²) in [5.74, 6) is 0.546. The maximum atomic E-state index is 13.1. The maximum Gasteiger partial charge on any atom is 0.345 e. The number of hydrogen-bond donors (Lipinski definition) is 0. The van der Waals surface area contributed by atoms with Crippen molar-refractivity contribution in [2.45, 2.75) is 26.2 Å². The van der Waals surface area contributed by atoms with E-state index in [1.54, 1.807) is 12.1 Å². The third kappa shape index (κ3) is 5.64. The molecule has 0 amide bonds. The summed E-state index contributed by atoms with van der Waals surface area (Å²) in [7, 11) is 0. The molecule has 2 aromatic carbocycles. The summed E-state index contributed by atoms with van der Waals surface area (Å²) in [5, 5.41) is 0.926. The second-order valence-corrected chi connectivity index (χ2v) is 7.92. The van der Waals surface area contributed by atoms with Gasteiger partial charge in [-0.1, -0.05) is 43.7 Å². The SMILES string of the molecule is CCCCc1ccc2cccc(C(=O)Oc3ccccc3OCCN3CCOCC3)c2n1. The predicted molar refractivity (Wildman–Crippen MR) is 125 cm³/mol. The third-order valence-electron chi connectivity index (χ3n) is 5.60. The van der Waals surface area contributed by atoms with E-state index in [-0.39, 0.29) is 0 Å². The number of hydrogen-bond acceptors (Lipinski definition) is 6. The van der Waals surface area contributed by atoms with Gasteiger partial charge in [-0.3, -0.25) is 9.88 Å². The average molecular weight is 435 g/mol. The summed E-state index contributed by atoms with van der Waals surface area (Å²) < 4.78 is 17.1. The van der Waals surface area contributed by atoms with Gasteiger partial charge in [0, 0.05) is 30.7 Å². The zero-order valence-electron chi connectivity index (χ0n) is 18.6. The van der Waals surface area contributed by atoms with Gasteiger partial charge >= 0.3 is 5.97 Å². The molecule has 0 saturated carbocycles. The van der Waals surface area contributed by atoms with Crippen molar-refractivity contribution in [3.05, 3.63) is 65.9 Å². The van der Waals surface area contributed by atoms with Gasteiger partial charge in [0.05, 0.1) is 24.3 Å². The van der Waals surface area contributed by atoms with Crippen LogP contribution in [0.25, 0.3) is 10.9 Å². The first-order chi connectivity index (χ1) is 15.7. The van der Waals surface area contributed by atoms with Crippen LogP contribution in [0, 0.1) is 0 Å². The lowest BCUT2D eigenvalue weighted by molar-refractivity contribution is 0.0320. The summed E-state index contributed by atoms with van der Waals surface area (Å²) in [6, 6.07) is 16.9. The van der Waals surface area contributed by atoms with Crippen molar-refractivity contribution in [3.63, 3.8) is 0 Å². The molecule has 0 N–H and O–H groups in total. The van der Waals surface area contributed by atoms with Gasteiger partial charge in [-0.05, 0) is 37.1 Å². The van der Waals surface area contributed by atoms with E-state index in [1.807, 2.05) is 42.5 Å². The molecule has 1 aliphatic heterocycles. The van der Waals surface area contributed by atoms with Crippen LogP contribution in [0.4, 0.5) is 0 Å². The van der Waals surface area contributed by atoms with Crippen LogP contribution in [0.3, 0.4) is 0 Å². The molecule has 6 heteroatoms. The van der Waals surface area contributed by atoms with E-state index in [0.717, 1.165) is 63.2 Å². The van der Waals surface area contributed by atoms with Gasteiger partial charge in [0.25, 0.3) is 0 Å². The number of para-hydroxylation sites is 3. The van der Waals surface area contributed by atoms with E-state index >= 15 is 0 Å². The Morgan fingerprint density at radius 1 is 1.03 bits per heavy atom. The molecular weight excluding hydrogens is 404 g/mol. The van der Waals surface area contributed by atoms with Crippen LogP contribution in [-0.2, 0) is 11.2 Å². The lowest BCUT2D eigenvalue weighted by atomic mass is 10.1. The summed E-state index contributed by atoms with van der Waals surface area (Å²) >= 11 is 0. The molecule has 0 radical (unpaired) electrons. The van der Waals surface area contributed by atoms with Crippen molar-refractivity contribution in [3.8, 4) is 11.5 Å². The highest BCUT2D eigenvalue weighted by Gasteiger charge is 2.17. The van der Waals surface area contributed by atoms with E-state index in [2.05, 4.69) is 11.8 Å². The van der Waals surface area contributed by atoms with Crippen LogP contribution < -0.4 is 9.47 Å². The number of carbonyl (C=O) groups excluding carboxylic acids is 1. The van der Waals surface area contributed by atoms with Gasteiger partial charge < -0.3 is 14.2 Å². The molecule has 0 atom stereocenters. The van der Waals surface area contributed by atoms with Gasteiger partial charge in [0.1, 0.15) is 6.61 Å². The molecule has 2 heterocycles. The van der Waals surface area contributed by atoms with Crippen LogP contribution in [0.2, 0.25) is 0 Å². The molecule has 0 spiro atoms. The first-order valence-corrected chi connectivity index (χ1v) is 11.4. The molecule has 1 aromatic heterocycles. The van der Waals surface area contributed by atoms with Gasteiger partial charge in [0.15, 0.2) is 11.5 Å². The number of morpholine rings is 1. The molecule has 1 fully saturated rings. The molecule has 168 valence electrons. The van der Waals surface area contributed by atoms with E-state index in [1.165, 1.54) is 0 Å². The minimum atomic E-state index is -0.431. The highest BCUT2D eigenvalue weighted by molar-refractivity contribution is 6.03. The van der Waals surface area contributed by atoms with Crippen LogP contribution in [0.1, 0.15) is 35.8 Å². The molecular formula is C26H30N2O4. The minimum Gasteiger partial charge on any atom is -0.488 e. The monoisotopic (exact) mass is 434 g/mol. The number of benzene rings is 2. The van der Waals surface area contributed by atoms with Crippen LogP contribution in [0.15, 0.2) is 54.6 Å². The topological polar surface area (TPSA) is 60.9 Å². The van der Waals surface area contributed by atoms with Crippen molar-refractivity contribution in [1.29, 1.82) is 0 Å². The van der Waals surface area contributed by atoms with E-state index in [0.29, 0.717) is 29.2 Å². The Bertz CT molecular complexity index is 1050. The molecule has 1 aliphatic rings. The second-order valence-electron chi connectivity index (χ2n) is 7.92. The Hall–Kier alpha value is -2.96. The number of fused-ring (bicyclic) bond motifs is 1. The lowest BCUT2D eigenvalue weighted by Crippen LogP contribution is -2.38. The highest BCUT2D eigenvalue weighted by atomic mass is 16.6. The van der Waals surface area contributed by atoms with Crippen molar-refractivity contribution in [2.24, 2.45) is 0 Å². The Labute approximate surface area is 189 Å². The van der Waals surface area contributed by atoms with Gasteiger partial charge in [-0.25, -0.2) is 4.79 Å². The summed E-state index contributed by atoms with van der Waals surface area (Å²) in [5.41, 5.74) is 2.13. The summed E-state index contributed by atoms with van der Waals surface area (Å²) in [6.45, 7) is 6.82. The fraction of sp³-hybridized carbons (Fsp3) is 0.385. The van der Waals surface area contributed by atoms with Crippen molar-refractivity contribution in [2.75, 3.05) is 39.5 Å². The second kappa shape index (κ2) is 11.1. The van der Waals surface area contributed by atoms with Crippen molar-refractivity contribution < 1.29 is 19.0 Å². The largest absolute Gasteiger partial charge is 0.488 e. The number of aromatic nitrogens is 1. The fourth-order valence-corrected chi connectivity index (χ4v) is 3.77. The Morgan fingerprint density at radius 2 is 1.84 bits per heavy atom. The number of unbranched alkanes of at least 4 members (excludes halogenated alkanes) is 1. The number of rotatable bonds is 9. The Kier molecular flexibility index (Phi) is 7.69. The molecule has 3 aromatic rings. The van der Waals surface area contributed by atoms with Gasteiger partial charge in [-0.15, -0.1) is 0 Å². The molecule has 0 unspecified atom stereocenters. The van der Waals surface area contributed by atoms with Crippen molar-refractivity contribution in [1.82, 2.24) is 9.88 Å². The van der Waals surface area contributed by atoms with Crippen molar-refractivity contribution >= 4 is 16.9 Å². The number of aryl methyl sites for hydroxylation is 1. The van der Waals surface area contributed by atoms with Crippen LogP contribution >= 0.6 is 0 Å². The van der Waals surface area contributed by atoms with E-state index < -0.39 is 5.97 Å². The van der Waals surface area contributed by atoms with Crippen LogP contribution in [-0.4, -0.2) is 55.3 Å². The number of esters is 1.